The number of pyridine rings is 2. The molecule has 308 valence electrons. The predicted octanol–water partition coefficient (Wildman–Crippen LogP) is 10.7. The third kappa shape index (κ3) is 13.7. The highest BCUT2D eigenvalue weighted by Crippen LogP contribution is 2.32. The molecule has 0 aliphatic rings. The quantitative estimate of drug-likeness (QED) is 0.0441. The molecule has 0 bridgehead atoms. The van der Waals surface area contributed by atoms with Crippen molar-refractivity contribution in [2.45, 2.75) is 36.4 Å². The number of thioether (sulfide) groups is 1. The summed E-state index contributed by atoms with van der Waals surface area (Å²) in [4.78, 5) is 26.1. The number of H-pyrrole nitrogens is 1. The topological polar surface area (TPSA) is 163 Å². The van der Waals surface area contributed by atoms with Crippen molar-refractivity contribution in [3.8, 4) is 45.6 Å². The van der Waals surface area contributed by atoms with E-state index in [1.807, 2.05) is 19.9 Å². The molecule has 24 heteroatoms. The molecule has 4 aromatic heterocycles. The lowest BCUT2D eigenvalue weighted by Gasteiger charge is -2.09. The van der Waals surface area contributed by atoms with E-state index < -0.39 is 28.6 Å². The first-order chi connectivity index (χ1) is 27.3. The van der Waals surface area contributed by atoms with Gasteiger partial charge in [-0.15, -0.1) is 48.2 Å². The Bertz CT molecular complexity index is 2410. The van der Waals surface area contributed by atoms with Gasteiger partial charge >= 0.3 is 12.7 Å². The Balaban J connectivity index is 0.000000235. The number of imidazole rings is 2. The Morgan fingerprint density at radius 3 is 1.91 bits per heavy atom. The van der Waals surface area contributed by atoms with Gasteiger partial charge in [0.05, 0.1) is 27.7 Å². The molecule has 1 unspecified atom stereocenters. The van der Waals surface area contributed by atoms with Gasteiger partial charge in [-0.3, -0.25) is 18.7 Å². The number of hydrogen-bond acceptors (Lipinski definition) is 10. The molecule has 0 aliphatic carbocycles. The number of nitrogens with zero attached hydrogens (tertiary/aromatic N) is 6. The molecular formula is C34H27Br2F6N7O6S3. The summed E-state index contributed by atoms with van der Waals surface area (Å²) in [7, 11) is -1.23. The number of ether oxygens (including phenoxy) is 2. The van der Waals surface area contributed by atoms with E-state index in [1.165, 1.54) is 54.9 Å². The molecule has 6 rings (SSSR count). The zero-order chi connectivity index (χ0) is 42.8. The number of alkyl halides is 6. The van der Waals surface area contributed by atoms with E-state index in [9.17, 15) is 30.6 Å². The van der Waals surface area contributed by atoms with Crippen LogP contribution in [-0.4, -0.2) is 67.8 Å². The fourth-order valence-electron chi connectivity index (χ4n) is 4.75. The number of hydrogen-bond donors (Lipinski definition) is 2. The van der Waals surface area contributed by atoms with Gasteiger partial charge in [0.1, 0.15) is 28.6 Å². The van der Waals surface area contributed by atoms with Crippen LogP contribution in [-0.2, 0) is 10.8 Å². The first-order valence-electron chi connectivity index (χ1n) is 16.0. The Labute approximate surface area is 353 Å². The second kappa shape index (κ2) is 20.3. The van der Waals surface area contributed by atoms with Crippen LogP contribution in [0.1, 0.15) is 13.8 Å². The Hall–Kier alpha value is -4.78. The fraction of sp³-hybridized carbons (Fsp3) is 0.176. The Morgan fingerprint density at radius 2 is 1.40 bits per heavy atom. The summed E-state index contributed by atoms with van der Waals surface area (Å²) in [6.07, 6.45) is -1.20. The van der Waals surface area contributed by atoms with Crippen LogP contribution in [0.25, 0.3) is 34.2 Å². The zero-order valence-electron chi connectivity index (χ0n) is 29.5. The Morgan fingerprint density at radius 1 is 0.879 bits per heavy atom. The van der Waals surface area contributed by atoms with Crippen LogP contribution < -0.4 is 9.47 Å². The minimum Gasteiger partial charge on any atom is -0.406 e. The predicted molar refractivity (Wildman–Crippen MR) is 212 cm³/mol. The van der Waals surface area contributed by atoms with Gasteiger partial charge in [0.2, 0.25) is 0 Å². The van der Waals surface area contributed by atoms with Gasteiger partial charge < -0.3 is 24.2 Å². The smallest absolute Gasteiger partial charge is 0.406 e. The highest BCUT2D eigenvalue weighted by Gasteiger charge is 2.31. The molecule has 0 saturated carbocycles. The number of aromatic nitrogens is 6. The van der Waals surface area contributed by atoms with Crippen molar-refractivity contribution in [2.75, 3.05) is 11.5 Å². The standard InChI is InChI=1S/C17H13BrF3N3O2S.C17H13BrF3N3OS2.HNO3/c1-2-27(25)15-7-11(18)8-22-16(15)14-9-24(10-23-14)12-3-5-13(6-4-12)26-17(19,20)21;1-2-27-14-7-10(18)8-22-15(14)13-9-24(16(26)23-13)11-3-5-12(6-4-11)25-17(19,20)21;2-1(3)4/h3-10H,2H2,1H3;3-9H,2H2,1H3,(H,23,26);(H,2,3,4). The SMILES string of the molecule is CCS(=O)c1cc(Br)cnc1-c1cn(-c2ccc(OC(F)(F)F)cc2)cn1.CCSc1cc(Br)cnc1-c1cn(-c2ccc(OC(F)(F)F)cc2)c(=S)[nH]1.O=[N+]([O-])O. The Kier molecular flexibility index (Phi) is 16.0. The van der Waals surface area contributed by atoms with Gasteiger partial charge in [0, 0.05) is 55.8 Å². The van der Waals surface area contributed by atoms with Crippen LogP contribution in [0.15, 0.2) is 111 Å². The molecule has 0 saturated heterocycles. The third-order valence-electron chi connectivity index (χ3n) is 6.96. The monoisotopic (exact) mass is 997 g/mol. The molecular weight excluding hydrogens is 972 g/mol. The maximum absolute atomic E-state index is 12.3. The molecule has 0 spiro atoms. The van der Waals surface area contributed by atoms with Crippen molar-refractivity contribution in [1.82, 2.24) is 29.1 Å². The van der Waals surface area contributed by atoms with Crippen molar-refractivity contribution < 1.29 is 50.3 Å². The lowest BCUT2D eigenvalue weighted by Crippen LogP contribution is -2.17. The van der Waals surface area contributed by atoms with E-state index in [-0.39, 0.29) is 11.5 Å². The lowest BCUT2D eigenvalue weighted by atomic mass is 10.3. The average Bonchev–Trinajstić information content (AvgIpc) is 3.78. The summed E-state index contributed by atoms with van der Waals surface area (Å²) in [5, 5.41) is 13.6. The summed E-state index contributed by atoms with van der Waals surface area (Å²) >= 11 is 13.8. The number of nitrogens with one attached hydrogen (secondary N) is 1. The maximum Gasteiger partial charge on any atom is 0.573 e. The summed E-state index contributed by atoms with van der Waals surface area (Å²) in [5.41, 5.74) is 3.69. The first kappa shape index (κ1) is 45.9. The van der Waals surface area contributed by atoms with Crippen molar-refractivity contribution in [2.24, 2.45) is 0 Å². The average molecular weight is 1000 g/mol. The minimum atomic E-state index is -4.73. The molecule has 58 heavy (non-hydrogen) atoms. The van der Waals surface area contributed by atoms with Gasteiger partial charge in [-0.2, -0.15) is 0 Å². The van der Waals surface area contributed by atoms with Gasteiger partial charge in [-0.25, -0.2) is 4.98 Å². The molecule has 0 radical (unpaired) electrons. The van der Waals surface area contributed by atoms with Crippen molar-refractivity contribution in [1.29, 1.82) is 0 Å². The normalized spacial score (nSPS) is 11.8. The van der Waals surface area contributed by atoms with E-state index in [0.29, 0.717) is 42.7 Å². The fourth-order valence-corrected chi connectivity index (χ4v) is 7.75. The summed E-state index contributed by atoms with van der Waals surface area (Å²) in [6.45, 7) is 3.86. The number of benzene rings is 2. The van der Waals surface area contributed by atoms with E-state index in [2.05, 4.69) is 61.3 Å². The molecule has 6 aromatic rings. The zero-order valence-corrected chi connectivity index (χ0v) is 35.1. The summed E-state index contributed by atoms with van der Waals surface area (Å²) < 4.78 is 98.9. The van der Waals surface area contributed by atoms with Crippen molar-refractivity contribution >= 4 is 66.6 Å². The molecule has 0 fully saturated rings. The first-order valence-corrected chi connectivity index (χ1v) is 20.3. The summed E-state index contributed by atoms with van der Waals surface area (Å²) in [6, 6.07) is 14.6. The van der Waals surface area contributed by atoms with Crippen LogP contribution in [0.3, 0.4) is 0 Å². The lowest BCUT2D eigenvalue weighted by molar-refractivity contribution is -0.742. The van der Waals surface area contributed by atoms with Crippen molar-refractivity contribution in [3.63, 3.8) is 0 Å². The second-order valence-electron chi connectivity index (χ2n) is 10.9. The van der Waals surface area contributed by atoms with E-state index >= 15 is 0 Å². The second-order valence-corrected chi connectivity index (χ2v) is 16.1. The van der Waals surface area contributed by atoms with E-state index in [4.69, 9.17) is 27.5 Å². The van der Waals surface area contributed by atoms with Crippen LogP contribution in [0.4, 0.5) is 26.3 Å². The minimum absolute atomic E-state index is 0.287. The van der Waals surface area contributed by atoms with Crippen LogP contribution in [0, 0.1) is 14.9 Å². The van der Waals surface area contributed by atoms with Gasteiger partial charge in [0.25, 0.3) is 5.09 Å². The number of aromatic amines is 1. The molecule has 4 heterocycles. The molecule has 2 aromatic carbocycles. The van der Waals surface area contributed by atoms with Crippen LogP contribution in [0.2, 0.25) is 0 Å². The number of halogens is 8. The molecule has 0 aliphatic heterocycles. The van der Waals surface area contributed by atoms with Gasteiger partial charge in [0.15, 0.2) is 4.77 Å². The van der Waals surface area contributed by atoms with Gasteiger partial charge in [-0.1, -0.05) is 13.8 Å². The van der Waals surface area contributed by atoms with E-state index in [1.54, 1.807) is 51.7 Å². The third-order valence-corrected chi connectivity index (χ3v) is 10.4. The molecule has 1 atom stereocenters. The van der Waals surface area contributed by atoms with Crippen LogP contribution in [0.5, 0.6) is 11.5 Å². The van der Waals surface area contributed by atoms with Crippen LogP contribution >= 0.6 is 55.8 Å². The summed E-state index contributed by atoms with van der Waals surface area (Å²) in [5.74, 6) is 0.728. The number of rotatable bonds is 10. The molecule has 0 amide bonds. The van der Waals surface area contributed by atoms with Gasteiger partial charge in [-0.05, 0) is 110 Å². The molecule has 13 nitrogen and oxygen atoms in total. The van der Waals surface area contributed by atoms with E-state index in [0.717, 1.165) is 26.5 Å². The maximum atomic E-state index is 12.3. The molecule has 2 N–H and O–H groups in total. The highest BCUT2D eigenvalue weighted by molar-refractivity contribution is 9.10. The van der Waals surface area contributed by atoms with Crippen molar-refractivity contribution in [3.05, 3.63) is 116 Å². The highest BCUT2D eigenvalue weighted by atomic mass is 79.9. The largest absolute Gasteiger partial charge is 0.573 e.